The predicted molar refractivity (Wildman–Crippen MR) is 123 cm³/mol. The van der Waals surface area contributed by atoms with Gasteiger partial charge in [-0.15, -0.1) is 11.3 Å². The van der Waals surface area contributed by atoms with Crippen LogP contribution in [0.2, 0.25) is 0 Å². The zero-order chi connectivity index (χ0) is 20.2. The molecule has 2 heterocycles. The second-order valence-electron chi connectivity index (χ2n) is 7.87. The Morgan fingerprint density at radius 3 is 2.70 bits per heavy atom. The predicted octanol–water partition coefficient (Wildman–Crippen LogP) is 5.84. The first kappa shape index (κ1) is 19.2. The van der Waals surface area contributed by atoms with Crippen LogP contribution in [0.5, 0.6) is 5.75 Å². The Labute approximate surface area is 181 Å². The number of benzene rings is 2. The van der Waals surface area contributed by atoms with Gasteiger partial charge in [-0.3, -0.25) is 4.98 Å². The van der Waals surface area contributed by atoms with Crippen LogP contribution in [0, 0.1) is 0 Å². The van der Waals surface area contributed by atoms with Crippen LogP contribution >= 0.6 is 11.3 Å². The van der Waals surface area contributed by atoms with E-state index in [-0.39, 0.29) is 0 Å². The molecule has 4 aromatic rings. The summed E-state index contributed by atoms with van der Waals surface area (Å²) in [5, 5.41) is 9.28. The zero-order valence-electron chi connectivity index (χ0n) is 16.8. The molecule has 152 valence electrons. The quantitative estimate of drug-likeness (QED) is 0.430. The number of aromatic nitrogens is 2. The summed E-state index contributed by atoms with van der Waals surface area (Å²) in [6.07, 6.45) is 8.45. The van der Waals surface area contributed by atoms with Crippen molar-refractivity contribution in [3.63, 3.8) is 0 Å². The minimum Gasteiger partial charge on any atom is -0.490 e. The summed E-state index contributed by atoms with van der Waals surface area (Å²) >= 11 is 1.72. The number of hydrogen-bond donors (Lipinski definition) is 1. The van der Waals surface area contributed by atoms with Crippen LogP contribution in [0.1, 0.15) is 31.4 Å². The summed E-state index contributed by atoms with van der Waals surface area (Å²) in [6, 6.07) is 19.2. The number of thiazole rings is 1. The molecule has 1 aliphatic carbocycles. The van der Waals surface area contributed by atoms with E-state index < -0.39 is 0 Å². The molecule has 0 amide bonds. The molecule has 30 heavy (non-hydrogen) atoms. The Kier molecular flexibility index (Phi) is 5.73. The minimum atomic E-state index is 0.297. The lowest BCUT2D eigenvalue weighted by Crippen LogP contribution is -2.36. The first-order valence-electron chi connectivity index (χ1n) is 10.6. The van der Waals surface area contributed by atoms with E-state index in [4.69, 9.17) is 9.72 Å². The Morgan fingerprint density at radius 2 is 1.83 bits per heavy atom. The van der Waals surface area contributed by atoms with Crippen molar-refractivity contribution in [2.24, 2.45) is 0 Å². The van der Waals surface area contributed by atoms with Gasteiger partial charge in [-0.1, -0.05) is 30.3 Å². The molecular weight excluding hydrogens is 390 g/mol. The molecule has 0 spiro atoms. The van der Waals surface area contributed by atoms with Gasteiger partial charge in [0.05, 0.1) is 11.8 Å². The third kappa shape index (κ3) is 4.53. The SMILES string of the molecule is c1ccc(-c2nc(CNC3CCC(Oc4ccc5cnccc5c4)CC3)cs2)cc1. The number of ether oxygens (including phenoxy) is 1. The van der Waals surface area contributed by atoms with Crippen LogP contribution < -0.4 is 10.1 Å². The fourth-order valence-electron chi connectivity index (χ4n) is 4.06. The molecule has 1 N–H and O–H groups in total. The van der Waals surface area contributed by atoms with Gasteiger partial charge in [-0.25, -0.2) is 4.98 Å². The van der Waals surface area contributed by atoms with Gasteiger partial charge in [-0.05, 0) is 55.3 Å². The van der Waals surface area contributed by atoms with Crippen LogP contribution in [-0.2, 0) is 6.54 Å². The van der Waals surface area contributed by atoms with Gasteiger partial charge in [0.2, 0.25) is 0 Å². The number of nitrogens with one attached hydrogen (secondary N) is 1. The van der Waals surface area contributed by atoms with Crippen molar-refractivity contribution >= 4 is 22.1 Å². The highest BCUT2D eigenvalue weighted by Gasteiger charge is 2.22. The van der Waals surface area contributed by atoms with E-state index in [0.717, 1.165) is 54.1 Å². The van der Waals surface area contributed by atoms with E-state index in [0.29, 0.717) is 12.1 Å². The lowest BCUT2D eigenvalue weighted by Gasteiger charge is -2.29. The van der Waals surface area contributed by atoms with Crippen molar-refractivity contribution in [1.82, 2.24) is 15.3 Å². The number of nitrogens with zero attached hydrogens (tertiary/aromatic N) is 2. The molecule has 1 aliphatic rings. The molecule has 0 unspecified atom stereocenters. The Hall–Kier alpha value is -2.76. The van der Waals surface area contributed by atoms with Crippen LogP contribution in [0.15, 0.2) is 72.4 Å². The summed E-state index contributed by atoms with van der Waals surface area (Å²) in [5.41, 5.74) is 2.32. The molecule has 4 nitrogen and oxygen atoms in total. The Bertz CT molecular complexity index is 1100. The maximum absolute atomic E-state index is 6.27. The second kappa shape index (κ2) is 8.94. The Morgan fingerprint density at radius 1 is 0.967 bits per heavy atom. The molecular formula is C25H25N3OS. The molecule has 5 heteroatoms. The van der Waals surface area contributed by atoms with Crippen LogP contribution in [-0.4, -0.2) is 22.1 Å². The number of rotatable bonds is 6. The topological polar surface area (TPSA) is 47.0 Å². The lowest BCUT2D eigenvalue weighted by atomic mass is 9.93. The van der Waals surface area contributed by atoms with Gasteiger partial charge in [0, 0.05) is 41.3 Å². The zero-order valence-corrected chi connectivity index (χ0v) is 17.6. The number of hydrogen-bond acceptors (Lipinski definition) is 5. The van der Waals surface area contributed by atoms with Gasteiger partial charge < -0.3 is 10.1 Å². The van der Waals surface area contributed by atoms with Crippen molar-refractivity contribution in [1.29, 1.82) is 0 Å². The molecule has 0 aliphatic heterocycles. The molecule has 0 radical (unpaired) electrons. The lowest BCUT2D eigenvalue weighted by molar-refractivity contribution is 0.139. The average Bonchev–Trinajstić information content (AvgIpc) is 3.28. The fraction of sp³-hybridized carbons (Fsp3) is 0.280. The van der Waals surface area contributed by atoms with Crippen LogP contribution in [0.3, 0.4) is 0 Å². The first-order chi connectivity index (χ1) is 14.8. The summed E-state index contributed by atoms with van der Waals surface area (Å²) in [6.45, 7) is 0.832. The van der Waals surface area contributed by atoms with Crippen molar-refractivity contribution in [2.45, 2.75) is 44.4 Å². The monoisotopic (exact) mass is 415 g/mol. The second-order valence-corrected chi connectivity index (χ2v) is 8.73. The molecule has 2 aromatic heterocycles. The summed E-state index contributed by atoms with van der Waals surface area (Å²) < 4.78 is 6.27. The average molecular weight is 416 g/mol. The Balaban J connectivity index is 1.11. The van der Waals surface area contributed by atoms with Gasteiger partial charge >= 0.3 is 0 Å². The van der Waals surface area contributed by atoms with Gasteiger partial charge in [0.15, 0.2) is 0 Å². The van der Waals surface area contributed by atoms with Crippen molar-refractivity contribution in [3.05, 3.63) is 78.1 Å². The first-order valence-corrected chi connectivity index (χ1v) is 11.4. The molecule has 0 atom stereocenters. The van der Waals surface area contributed by atoms with Crippen molar-refractivity contribution in [2.75, 3.05) is 0 Å². The molecule has 5 rings (SSSR count). The fourth-order valence-corrected chi connectivity index (χ4v) is 4.89. The number of pyridine rings is 1. The van der Waals surface area contributed by atoms with E-state index in [9.17, 15) is 0 Å². The van der Waals surface area contributed by atoms with Crippen LogP contribution in [0.25, 0.3) is 21.3 Å². The maximum Gasteiger partial charge on any atom is 0.123 e. The summed E-state index contributed by atoms with van der Waals surface area (Å²) in [4.78, 5) is 8.96. The third-order valence-electron chi connectivity index (χ3n) is 5.73. The standard InChI is InChI=1S/C25H25N3OS/c1-2-4-18(5-3-1)25-28-22(17-30-25)16-27-21-7-10-23(11-8-21)29-24-9-6-20-15-26-13-12-19(20)14-24/h1-6,9,12-15,17,21,23,27H,7-8,10-11,16H2. The van der Waals surface area contributed by atoms with Gasteiger partial charge in [0.1, 0.15) is 10.8 Å². The minimum absolute atomic E-state index is 0.297. The smallest absolute Gasteiger partial charge is 0.123 e. The van der Waals surface area contributed by atoms with Gasteiger partial charge in [0.25, 0.3) is 0 Å². The third-order valence-corrected chi connectivity index (χ3v) is 6.67. The van der Waals surface area contributed by atoms with E-state index in [2.05, 4.69) is 58.1 Å². The molecule has 1 saturated carbocycles. The van der Waals surface area contributed by atoms with Crippen molar-refractivity contribution < 1.29 is 4.74 Å². The normalized spacial score (nSPS) is 19.1. The van der Waals surface area contributed by atoms with Gasteiger partial charge in [-0.2, -0.15) is 0 Å². The van der Waals surface area contributed by atoms with Crippen molar-refractivity contribution in [3.8, 4) is 16.3 Å². The highest BCUT2D eigenvalue weighted by Crippen LogP contribution is 2.27. The summed E-state index contributed by atoms with van der Waals surface area (Å²) in [7, 11) is 0. The molecule has 0 bridgehead atoms. The molecule has 2 aromatic carbocycles. The van der Waals surface area contributed by atoms with Crippen LogP contribution in [0.4, 0.5) is 0 Å². The van der Waals surface area contributed by atoms with E-state index in [1.54, 1.807) is 11.3 Å². The maximum atomic E-state index is 6.27. The number of fused-ring (bicyclic) bond motifs is 1. The van der Waals surface area contributed by atoms with E-state index >= 15 is 0 Å². The highest BCUT2D eigenvalue weighted by atomic mass is 32.1. The highest BCUT2D eigenvalue weighted by molar-refractivity contribution is 7.13. The summed E-state index contributed by atoms with van der Waals surface area (Å²) in [5.74, 6) is 0.959. The molecule has 0 saturated heterocycles. The van der Waals surface area contributed by atoms with E-state index in [1.165, 1.54) is 10.9 Å². The van der Waals surface area contributed by atoms with E-state index in [1.807, 2.05) is 24.5 Å². The molecule has 1 fully saturated rings. The largest absolute Gasteiger partial charge is 0.490 e.